The summed E-state index contributed by atoms with van der Waals surface area (Å²) in [6.45, 7) is 11.0. The van der Waals surface area contributed by atoms with Gasteiger partial charge in [0.25, 0.3) is 5.91 Å². The van der Waals surface area contributed by atoms with Crippen LogP contribution in [0.25, 0.3) is 0 Å². The van der Waals surface area contributed by atoms with Gasteiger partial charge in [0, 0.05) is 31.2 Å². The molecule has 0 radical (unpaired) electrons. The summed E-state index contributed by atoms with van der Waals surface area (Å²) in [5.74, 6) is -0.352. The lowest BCUT2D eigenvalue weighted by Gasteiger charge is -2.46. The highest BCUT2D eigenvalue weighted by atomic mass is 19.1. The molecule has 3 rings (SSSR count). The van der Waals surface area contributed by atoms with Gasteiger partial charge in [-0.25, -0.2) is 4.39 Å². The molecule has 1 aliphatic heterocycles. The third kappa shape index (κ3) is 3.64. The quantitative estimate of drug-likeness (QED) is 0.637. The van der Waals surface area contributed by atoms with Crippen LogP contribution in [0.4, 0.5) is 10.1 Å². The highest BCUT2D eigenvalue weighted by Gasteiger charge is 2.41. The summed E-state index contributed by atoms with van der Waals surface area (Å²) in [7, 11) is 0. The summed E-state index contributed by atoms with van der Waals surface area (Å²) in [6, 6.07) is 2.58. The van der Waals surface area contributed by atoms with Crippen LogP contribution < -0.4 is 5.73 Å². The number of carbonyl (C=O) groups is 2. The Hall–Kier alpha value is -2.37. The first kappa shape index (κ1) is 20.4. The molecule has 2 amide bonds. The van der Waals surface area contributed by atoms with Gasteiger partial charge in [-0.05, 0) is 49.3 Å². The number of benzene rings is 1. The average molecular weight is 387 g/mol. The fourth-order valence-corrected chi connectivity index (χ4v) is 4.20. The smallest absolute Gasteiger partial charge is 0.257 e. The van der Waals surface area contributed by atoms with E-state index in [0.29, 0.717) is 30.9 Å². The molecule has 1 heterocycles. The molecule has 2 N–H and O–H groups in total. The first-order chi connectivity index (χ1) is 13.2. The molecule has 2 fully saturated rings. The van der Waals surface area contributed by atoms with Gasteiger partial charge in [-0.3, -0.25) is 9.59 Å². The number of anilines is 1. The number of nitrogen functional groups attached to an aromatic ring is 1. The summed E-state index contributed by atoms with van der Waals surface area (Å²) >= 11 is 0. The maximum absolute atomic E-state index is 14.4. The number of hydrogen-bond donors (Lipinski definition) is 1. The molecule has 1 aromatic carbocycles. The standard InChI is InChI=1S/C22H30FN3O2/c1-5-15-6-7-16(15)21(27)25-8-9-26(20(12-25)13(2)3)22(28)17-10-14(4)19(24)11-18(17)23/h5,10-11,13,15-16,20H,1,6-9,12,24H2,2-4H3/t15-,16-,20-/m1/s1. The summed E-state index contributed by atoms with van der Waals surface area (Å²) in [4.78, 5) is 29.6. The van der Waals surface area contributed by atoms with Crippen molar-refractivity contribution in [1.82, 2.24) is 9.80 Å². The Labute approximate surface area is 166 Å². The minimum atomic E-state index is -0.600. The maximum atomic E-state index is 14.4. The number of nitrogens with zero attached hydrogens (tertiary/aromatic N) is 2. The van der Waals surface area contributed by atoms with Gasteiger partial charge in [0.1, 0.15) is 5.82 Å². The van der Waals surface area contributed by atoms with Crippen LogP contribution >= 0.6 is 0 Å². The van der Waals surface area contributed by atoms with Gasteiger partial charge in [-0.15, -0.1) is 6.58 Å². The number of carbonyl (C=O) groups excluding carboxylic acids is 2. The molecule has 6 heteroatoms. The largest absolute Gasteiger partial charge is 0.398 e. The van der Waals surface area contributed by atoms with E-state index in [2.05, 4.69) is 6.58 Å². The minimum absolute atomic E-state index is 0.0183. The molecule has 2 aliphatic rings. The second-order valence-corrected chi connectivity index (χ2v) is 8.37. The van der Waals surface area contributed by atoms with Crippen LogP contribution in [0.3, 0.4) is 0 Å². The van der Waals surface area contributed by atoms with Crippen LogP contribution in [0.1, 0.15) is 42.6 Å². The third-order valence-electron chi connectivity index (χ3n) is 6.29. The molecule has 0 unspecified atom stereocenters. The molecular weight excluding hydrogens is 357 g/mol. The van der Waals surface area contributed by atoms with Gasteiger partial charge in [-0.1, -0.05) is 19.9 Å². The van der Waals surface area contributed by atoms with E-state index < -0.39 is 5.82 Å². The molecular formula is C22H30FN3O2. The van der Waals surface area contributed by atoms with Gasteiger partial charge in [0.2, 0.25) is 5.91 Å². The number of amides is 2. The lowest BCUT2D eigenvalue weighted by atomic mass is 9.73. The van der Waals surface area contributed by atoms with Crippen molar-refractivity contribution in [2.75, 3.05) is 25.4 Å². The van der Waals surface area contributed by atoms with Crippen LogP contribution in [0.5, 0.6) is 0 Å². The zero-order valence-electron chi connectivity index (χ0n) is 17.0. The zero-order valence-corrected chi connectivity index (χ0v) is 17.0. The highest BCUT2D eigenvalue weighted by molar-refractivity contribution is 5.95. The van der Waals surface area contributed by atoms with Gasteiger partial charge >= 0.3 is 0 Å². The summed E-state index contributed by atoms with van der Waals surface area (Å²) < 4.78 is 14.4. The second-order valence-electron chi connectivity index (χ2n) is 8.37. The fourth-order valence-electron chi connectivity index (χ4n) is 4.20. The van der Waals surface area contributed by atoms with E-state index in [1.54, 1.807) is 11.8 Å². The van der Waals surface area contributed by atoms with Crippen molar-refractivity contribution in [3.63, 3.8) is 0 Å². The molecule has 0 aromatic heterocycles. The molecule has 5 nitrogen and oxygen atoms in total. The predicted octanol–water partition coefficient (Wildman–Crippen LogP) is 3.24. The number of hydrogen-bond acceptors (Lipinski definition) is 3. The molecule has 1 saturated carbocycles. The number of aryl methyl sites for hydroxylation is 1. The summed E-state index contributed by atoms with van der Waals surface area (Å²) in [5, 5.41) is 0. The van der Waals surface area contributed by atoms with Crippen molar-refractivity contribution in [3.8, 4) is 0 Å². The lowest BCUT2D eigenvalue weighted by molar-refractivity contribution is -0.143. The Morgan fingerprint density at radius 3 is 2.57 bits per heavy atom. The average Bonchev–Trinajstić information content (AvgIpc) is 2.63. The Morgan fingerprint density at radius 1 is 1.29 bits per heavy atom. The molecule has 1 aromatic rings. The molecule has 1 aliphatic carbocycles. The predicted molar refractivity (Wildman–Crippen MR) is 108 cm³/mol. The molecule has 1 saturated heterocycles. The van der Waals surface area contributed by atoms with Gasteiger partial charge in [0.15, 0.2) is 0 Å². The summed E-state index contributed by atoms with van der Waals surface area (Å²) in [5.41, 5.74) is 6.81. The fraction of sp³-hybridized carbons (Fsp3) is 0.545. The van der Waals surface area contributed by atoms with E-state index >= 15 is 0 Å². The SMILES string of the molecule is C=C[C@@H]1CC[C@H]1C(=O)N1CCN(C(=O)c2cc(C)c(N)cc2F)[C@@H](C(C)C)C1. The van der Waals surface area contributed by atoms with Crippen molar-refractivity contribution in [2.24, 2.45) is 17.8 Å². The molecule has 3 atom stereocenters. The van der Waals surface area contributed by atoms with E-state index in [-0.39, 0.29) is 41.2 Å². The molecule has 28 heavy (non-hydrogen) atoms. The van der Waals surface area contributed by atoms with E-state index in [9.17, 15) is 14.0 Å². The summed E-state index contributed by atoms with van der Waals surface area (Å²) in [6.07, 6.45) is 3.79. The van der Waals surface area contributed by atoms with Crippen LogP contribution in [0, 0.1) is 30.5 Å². The van der Waals surface area contributed by atoms with E-state index in [1.807, 2.05) is 24.8 Å². The topological polar surface area (TPSA) is 66.6 Å². The zero-order chi connectivity index (χ0) is 20.6. The first-order valence-corrected chi connectivity index (χ1v) is 10.0. The van der Waals surface area contributed by atoms with Crippen molar-refractivity contribution >= 4 is 17.5 Å². The Kier molecular flexibility index (Phi) is 5.77. The number of rotatable bonds is 4. The highest BCUT2D eigenvalue weighted by Crippen LogP contribution is 2.37. The van der Waals surface area contributed by atoms with Crippen molar-refractivity contribution in [3.05, 3.63) is 41.7 Å². The van der Waals surface area contributed by atoms with Crippen molar-refractivity contribution in [1.29, 1.82) is 0 Å². The van der Waals surface area contributed by atoms with Crippen LogP contribution in [0.15, 0.2) is 24.8 Å². The van der Waals surface area contributed by atoms with Gasteiger partial charge in [-0.2, -0.15) is 0 Å². The third-order valence-corrected chi connectivity index (χ3v) is 6.29. The van der Waals surface area contributed by atoms with Gasteiger partial charge < -0.3 is 15.5 Å². The number of piperazine rings is 1. The molecule has 0 spiro atoms. The molecule has 0 bridgehead atoms. The van der Waals surface area contributed by atoms with E-state index in [0.717, 1.165) is 12.8 Å². The number of nitrogens with two attached hydrogens (primary N) is 1. The monoisotopic (exact) mass is 387 g/mol. The van der Waals surface area contributed by atoms with Crippen molar-refractivity contribution in [2.45, 2.75) is 39.7 Å². The normalized spacial score (nSPS) is 24.8. The van der Waals surface area contributed by atoms with E-state index in [1.165, 1.54) is 12.1 Å². The van der Waals surface area contributed by atoms with Crippen molar-refractivity contribution < 1.29 is 14.0 Å². The maximum Gasteiger partial charge on any atom is 0.257 e. The Balaban J connectivity index is 1.78. The van der Waals surface area contributed by atoms with E-state index in [4.69, 9.17) is 5.73 Å². The Bertz CT molecular complexity index is 792. The second kappa shape index (κ2) is 7.94. The number of halogens is 1. The first-order valence-electron chi connectivity index (χ1n) is 10.0. The van der Waals surface area contributed by atoms with Gasteiger partial charge in [0.05, 0.1) is 11.6 Å². The van der Waals surface area contributed by atoms with Crippen LogP contribution in [-0.2, 0) is 4.79 Å². The Morgan fingerprint density at radius 2 is 2.00 bits per heavy atom. The minimum Gasteiger partial charge on any atom is -0.398 e. The van der Waals surface area contributed by atoms with Crippen LogP contribution in [-0.4, -0.2) is 47.3 Å². The van der Waals surface area contributed by atoms with Crippen LogP contribution in [0.2, 0.25) is 0 Å². The lowest BCUT2D eigenvalue weighted by Crippen LogP contribution is -2.60. The number of allylic oxidation sites excluding steroid dienone is 1. The molecule has 152 valence electrons.